The molecule has 1 aliphatic heterocycles. The van der Waals surface area contributed by atoms with Crippen LogP contribution in [0.15, 0.2) is 36.5 Å². The first-order valence-corrected chi connectivity index (χ1v) is 8.78. The Morgan fingerprint density at radius 2 is 2.04 bits per heavy atom. The third kappa shape index (κ3) is 4.87. The molecule has 1 atom stereocenters. The number of aliphatic hydroxyl groups is 1. The van der Waals surface area contributed by atoms with Crippen molar-refractivity contribution in [2.75, 3.05) is 26.2 Å². The van der Waals surface area contributed by atoms with E-state index in [-0.39, 0.29) is 18.1 Å². The fourth-order valence-corrected chi connectivity index (χ4v) is 2.98. The van der Waals surface area contributed by atoms with Gasteiger partial charge in [-0.2, -0.15) is 0 Å². The Morgan fingerprint density at radius 3 is 2.76 bits per heavy atom. The number of para-hydroxylation sites is 1. The van der Waals surface area contributed by atoms with Crippen LogP contribution in [0.3, 0.4) is 0 Å². The molecule has 0 radical (unpaired) electrons. The van der Waals surface area contributed by atoms with Crippen molar-refractivity contribution < 1.29 is 9.90 Å². The van der Waals surface area contributed by atoms with Gasteiger partial charge in [-0.15, -0.1) is 5.10 Å². The largest absolute Gasteiger partial charge is 0.390 e. The normalized spacial score (nSPS) is 17.4. The summed E-state index contributed by atoms with van der Waals surface area (Å²) in [5.74, 6) is 0.439. The molecule has 2 heterocycles. The van der Waals surface area contributed by atoms with Gasteiger partial charge in [0.05, 0.1) is 18.0 Å². The van der Waals surface area contributed by atoms with Crippen molar-refractivity contribution in [3.8, 4) is 5.69 Å². The number of aromatic nitrogens is 3. The number of rotatable bonds is 6. The molecule has 7 nitrogen and oxygen atoms in total. The number of nitrogens with one attached hydrogen (secondary N) is 1. The van der Waals surface area contributed by atoms with Crippen molar-refractivity contribution in [3.05, 3.63) is 42.2 Å². The van der Waals surface area contributed by atoms with Crippen LogP contribution in [0.5, 0.6) is 0 Å². The van der Waals surface area contributed by atoms with Crippen molar-refractivity contribution in [1.29, 1.82) is 0 Å². The summed E-state index contributed by atoms with van der Waals surface area (Å²) in [6.07, 6.45) is 3.34. The molecule has 1 amide bonds. The standard InChI is InChI=1S/C18H25N5O2/c1-14-7-9-22(10-8-14)12-16(24)11-19-18(25)17-13-23(21-20-17)15-5-3-2-4-6-15/h2-6,13-14,16,24H,7-12H2,1H3,(H,19,25). The number of carbonyl (C=O) groups excluding carboxylic acids is 1. The van der Waals surface area contributed by atoms with Crippen LogP contribution in [-0.2, 0) is 0 Å². The molecule has 0 bridgehead atoms. The van der Waals surface area contributed by atoms with E-state index in [9.17, 15) is 9.90 Å². The lowest BCUT2D eigenvalue weighted by Gasteiger charge is -2.31. The van der Waals surface area contributed by atoms with Crippen LogP contribution in [0.4, 0.5) is 0 Å². The lowest BCUT2D eigenvalue weighted by Crippen LogP contribution is -2.43. The van der Waals surface area contributed by atoms with E-state index in [2.05, 4.69) is 27.5 Å². The van der Waals surface area contributed by atoms with Gasteiger partial charge in [-0.1, -0.05) is 30.3 Å². The Labute approximate surface area is 147 Å². The molecule has 25 heavy (non-hydrogen) atoms. The summed E-state index contributed by atoms with van der Waals surface area (Å²) in [7, 11) is 0. The van der Waals surface area contributed by atoms with Crippen LogP contribution in [0.25, 0.3) is 5.69 Å². The van der Waals surface area contributed by atoms with Gasteiger partial charge < -0.3 is 15.3 Å². The zero-order valence-corrected chi connectivity index (χ0v) is 14.5. The van der Waals surface area contributed by atoms with E-state index >= 15 is 0 Å². The zero-order chi connectivity index (χ0) is 17.6. The molecule has 0 aliphatic carbocycles. The predicted octanol–water partition coefficient (Wildman–Crippen LogP) is 1.09. The molecule has 3 rings (SSSR count). The molecule has 7 heteroatoms. The van der Waals surface area contributed by atoms with Gasteiger partial charge in [0.25, 0.3) is 5.91 Å². The molecule has 0 saturated carbocycles. The van der Waals surface area contributed by atoms with E-state index in [4.69, 9.17) is 0 Å². The highest BCUT2D eigenvalue weighted by atomic mass is 16.3. The lowest BCUT2D eigenvalue weighted by molar-refractivity contribution is 0.0792. The third-order valence-electron chi connectivity index (χ3n) is 4.59. The summed E-state index contributed by atoms with van der Waals surface area (Å²) in [6.45, 7) is 5.08. The highest BCUT2D eigenvalue weighted by molar-refractivity contribution is 5.91. The van der Waals surface area contributed by atoms with Crippen LogP contribution in [-0.4, -0.2) is 63.2 Å². The Hall–Kier alpha value is -2.25. The lowest BCUT2D eigenvalue weighted by atomic mass is 9.99. The van der Waals surface area contributed by atoms with Gasteiger partial charge in [0.15, 0.2) is 5.69 Å². The van der Waals surface area contributed by atoms with Crippen LogP contribution in [0.2, 0.25) is 0 Å². The van der Waals surface area contributed by atoms with Crippen LogP contribution < -0.4 is 5.32 Å². The minimum absolute atomic E-state index is 0.211. The van der Waals surface area contributed by atoms with Gasteiger partial charge in [-0.3, -0.25) is 4.79 Å². The number of likely N-dealkylation sites (tertiary alicyclic amines) is 1. The number of hydrogen-bond donors (Lipinski definition) is 2. The SMILES string of the molecule is CC1CCN(CC(O)CNC(=O)c2cn(-c3ccccc3)nn2)CC1. The Morgan fingerprint density at radius 1 is 1.32 bits per heavy atom. The molecule has 1 saturated heterocycles. The van der Waals surface area contributed by atoms with Crippen molar-refractivity contribution >= 4 is 5.91 Å². The molecule has 1 fully saturated rings. The van der Waals surface area contributed by atoms with Crippen molar-refractivity contribution in [3.63, 3.8) is 0 Å². The topological polar surface area (TPSA) is 83.3 Å². The van der Waals surface area contributed by atoms with Crippen molar-refractivity contribution in [2.24, 2.45) is 5.92 Å². The summed E-state index contributed by atoms with van der Waals surface area (Å²) in [5, 5.41) is 20.8. The number of aliphatic hydroxyl groups excluding tert-OH is 1. The van der Waals surface area contributed by atoms with E-state index < -0.39 is 6.10 Å². The van der Waals surface area contributed by atoms with Crippen LogP contribution in [0, 0.1) is 5.92 Å². The Bertz CT molecular complexity index is 680. The van der Waals surface area contributed by atoms with E-state index in [0.717, 1.165) is 24.7 Å². The van der Waals surface area contributed by atoms with Gasteiger partial charge in [0.2, 0.25) is 0 Å². The smallest absolute Gasteiger partial charge is 0.273 e. The molecular weight excluding hydrogens is 318 g/mol. The zero-order valence-electron chi connectivity index (χ0n) is 14.5. The Kier molecular flexibility index (Phi) is 5.78. The first-order valence-electron chi connectivity index (χ1n) is 8.78. The minimum atomic E-state index is -0.582. The highest BCUT2D eigenvalue weighted by Gasteiger charge is 2.19. The minimum Gasteiger partial charge on any atom is -0.390 e. The maximum atomic E-state index is 12.2. The maximum Gasteiger partial charge on any atom is 0.273 e. The van der Waals surface area contributed by atoms with Gasteiger partial charge in [0, 0.05) is 13.1 Å². The number of hydrogen-bond acceptors (Lipinski definition) is 5. The fraction of sp³-hybridized carbons (Fsp3) is 0.500. The van der Waals surface area contributed by atoms with Crippen LogP contribution >= 0.6 is 0 Å². The average Bonchev–Trinajstić information content (AvgIpc) is 3.13. The summed E-state index contributed by atoms with van der Waals surface area (Å²) in [6, 6.07) is 9.49. The van der Waals surface area contributed by atoms with E-state index in [1.165, 1.54) is 12.8 Å². The molecular formula is C18H25N5O2. The summed E-state index contributed by atoms with van der Waals surface area (Å²) in [4.78, 5) is 14.4. The molecule has 1 aromatic heterocycles. The molecule has 1 aliphatic rings. The molecule has 1 aromatic carbocycles. The maximum absolute atomic E-state index is 12.2. The Balaban J connectivity index is 1.47. The number of nitrogens with zero attached hydrogens (tertiary/aromatic N) is 4. The fourth-order valence-electron chi connectivity index (χ4n) is 2.98. The van der Waals surface area contributed by atoms with Crippen molar-refractivity contribution in [2.45, 2.75) is 25.9 Å². The van der Waals surface area contributed by atoms with E-state index in [0.29, 0.717) is 6.54 Å². The van der Waals surface area contributed by atoms with Crippen molar-refractivity contribution in [1.82, 2.24) is 25.2 Å². The number of amides is 1. The second kappa shape index (κ2) is 8.22. The van der Waals surface area contributed by atoms with Crippen LogP contribution in [0.1, 0.15) is 30.3 Å². The average molecular weight is 343 g/mol. The van der Waals surface area contributed by atoms with Gasteiger partial charge in [0.1, 0.15) is 0 Å². The van der Waals surface area contributed by atoms with Gasteiger partial charge in [-0.05, 0) is 44.0 Å². The van der Waals surface area contributed by atoms with E-state index in [1.807, 2.05) is 30.3 Å². The molecule has 1 unspecified atom stereocenters. The second-order valence-electron chi connectivity index (χ2n) is 6.73. The number of carbonyl (C=O) groups is 1. The summed E-state index contributed by atoms with van der Waals surface area (Å²) >= 11 is 0. The second-order valence-corrected chi connectivity index (χ2v) is 6.73. The first kappa shape index (κ1) is 17.6. The number of piperidine rings is 1. The molecule has 2 N–H and O–H groups in total. The quantitative estimate of drug-likeness (QED) is 0.820. The summed E-state index contributed by atoms with van der Waals surface area (Å²) in [5.41, 5.74) is 1.08. The first-order chi connectivity index (χ1) is 12.1. The number of β-amino-alcohol motifs (C(OH)–C–C–N with tert-alkyl or cyclic N) is 1. The molecule has 0 spiro atoms. The molecule has 2 aromatic rings. The predicted molar refractivity (Wildman–Crippen MR) is 94.5 cm³/mol. The highest BCUT2D eigenvalue weighted by Crippen LogP contribution is 2.15. The third-order valence-corrected chi connectivity index (χ3v) is 4.59. The van der Waals surface area contributed by atoms with Gasteiger partial charge in [-0.25, -0.2) is 4.68 Å². The molecule has 134 valence electrons. The summed E-state index contributed by atoms with van der Waals surface area (Å²) < 4.78 is 1.56. The monoisotopic (exact) mass is 343 g/mol. The van der Waals surface area contributed by atoms with E-state index in [1.54, 1.807) is 10.9 Å². The van der Waals surface area contributed by atoms with Gasteiger partial charge >= 0.3 is 0 Å². The number of benzene rings is 1.